The number of ether oxygens (including phenoxy) is 1. The lowest BCUT2D eigenvalue weighted by molar-refractivity contribution is -0.126. The van der Waals surface area contributed by atoms with Gasteiger partial charge in [0, 0.05) is 25.6 Å². The summed E-state index contributed by atoms with van der Waals surface area (Å²) in [6.07, 6.45) is 3.48. The molecular weight excluding hydrogens is 352 g/mol. The zero-order valence-corrected chi connectivity index (χ0v) is 16.6. The van der Waals surface area contributed by atoms with Crippen molar-refractivity contribution in [1.29, 1.82) is 0 Å². The Balaban J connectivity index is 1.74. The molecule has 0 aliphatic carbocycles. The Bertz CT molecular complexity index is 683. The van der Waals surface area contributed by atoms with Crippen molar-refractivity contribution in [1.82, 2.24) is 9.62 Å². The van der Waals surface area contributed by atoms with Gasteiger partial charge in [0.15, 0.2) is 0 Å². The van der Waals surface area contributed by atoms with Crippen LogP contribution in [0.4, 0.5) is 0 Å². The van der Waals surface area contributed by atoms with Crippen LogP contribution in [0.1, 0.15) is 38.2 Å². The van der Waals surface area contributed by atoms with Crippen LogP contribution in [0.2, 0.25) is 0 Å². The fraction of sp³-hybridized carbons (Fsp3) is 0.632. The molecule has 0 spiro atoms. The molecule has 0 radical (unpaired) electrons. The molecule has 2 rings (SSSR count). The molecule has 146 valence electrons. The number of benzene rings is 1. The second-order valence-electron chi connectivity index (χ2n) is 6.74. The van der Waals surface area contributed by atoms with Crippen molar-refractivity contribution < 1.29 is 17.9 Å². The summed E-state index contributed by atoms with van der Waals surface area (Å²) < 4.78 is 31.2. The van der Waals surface area contributed by atoms with Crippen molar-refractivity contribution in [3.05, 3.63) is 29.8 Å². The monoisotopic (exact) mass is 382 g/mol. The third kappa shape index (κ3) is 5.99. The van der Waals surface area contributed by atoms with Gasteiger partial charge in [0.2, 0.25) is 15.9 Å². The molecule has 1 aromatic carbocycles. The largest absolute Gasteiger partial charge is 0.497 e. The molecule has 6 nitrogen and oxygen atoms in total. The van der Waals surface area contributed by atoms with Gasteiger partial charge in [-0.1, -0.05) is 25.5 Å². The van der Waals surface area contributed by atoms with Crippen molar-refractivity contribution in [2.24, 2.45) is 5.92 Å². The summed E-state index contributed by atoms with van der Waals surface area (Å²) in [4.78, 5) is 12.3. The third-order valence-electron chi connectivity index (χ3n) is 4.82. The molecule has 1 aliphatic rings. The number of rotatable bonds is 9. The molecule has 1 N–H and O–H groups in total. The number of piperidine rings is 1. The molecule has 1 heterocycles. The van der Waals surface area contributed by atoms with E-state index >= 15 is 0 Å². The molecule has 0 bridgehead atoms. The normalized spacial score (nSPS) is 16.4. The average Bonchev–Trinajstić information content (AvgIpc) is 2.66. The summed E-state index contributed by atoms with van der Waals surface area (Å²) >= 11 is 0. The molecule has 0 saturated carbocycles. The molecule has 1 aromatic rings. The molecule has 1 amide bonds. The van der Waals surface area contributed by atoms with E-state index in [9.17, 15) is 13.2 Å². The van der Waals surface area contributed by atoms with Crippen LogP contribution in [0.15, 0.2) is 24.3 Å². The lowest BCUT2D eigenvalue weighted by atomic mass is 9.97. The Kier molecular flexibility index (Phi) is 7.90. The number of amides is 1. The van der Waals surface area contributed by atoms with E-state index in [1.807, 2.05) is 31.2 Å². The van der Waals surface area contributed by atoms with E-state index < -0.39 is 10.0 Å². The summed E-state index contributed by atoms with van der Waals surface area (Å²) in [6.45, 7) is 3.44. The Labute approximate surface area is 157 Å². The molecule has 0 unspecified atom stereocenters. The third-order valence-corrected chi connectivity index (χ3v) is 6.78. The van der Waals surface area contributed by atoms with E-state index in [1.54, 1.807) is 11.4 Å². The molecule has 0 atom stereocenters. The topological polar surface area (TPSA) is 75.7 Å². The fourth-order valence-corrected chi connectivity index (χ4v) is 4.83. The summed E-state index contributed by atoms with van der Waals surface area (Å²) in [5.41, 5.74) is 1.11. The van der Waals surface area contributed by atoms with E-state index in [2.05, 4.69) is 5.32 Å². The maximum Gasteiger partial charge on any atom is 0.223 e. The average molecular weight is 383 g/mol. The van der Waals surface area contributed by atoms with Gasteiger partial charge in [-0.15, -0.1) is 0 Å². The van der Waals surface area contributed by atoms with Gasteiger partial charge < -0.3 is 10.1 Å². The van der Waals surface area contributed by atoms with Gasteiger partial charge in [0.05, 0.1) is 12.9 Å². The van der Waals surface area contributed by atoms with E-state index in [0.29, 0.717) is 38.9 Å². The molecule has 1 fully saturated rings. The molecule has 7 heteroatoms. The van der Waals surface area contributed by atoms with Crippen molar-refractivity contribution in [3.63, 3.8) is 0 Å². The van der Waals surface area contributed by atoms with Gasteiger partial charge in [-0.05, 0) is 43.4 Å². The van der Waals surface area contributed by atoms with E-state index in [4.69, 9.17) is 4.74 Å². The van der Waals surface area contributed by atoms with E-state index in [-0.39, 0.29) is 17.6 Å². The summed E-state index contributed by atoms with van der Waals surface area (Å²) in [7, 11) is -1.53. The standard InChI is InChI=1S/C19H30N2O4S/c1-3-4-14-26(23,24)21-12-9-17(10-13-21)19(22)20-11-8-16-6-5-7-18(15-16)25-2/h5-7,15,17H,3-4,8-14H2,1-2H3,(H,20,22). The predicted molar refractivity (Wildman–Crippen MR) is 103 cm³/mol. The van der Waals surface area contributed by atoms with Crippen LogP contribution in [-0.4, -0.2) is 51.1 Å². The van der Waals surface area contributed by atoms with Gasteiger partial charge in [-0.2, -0.15) is 0 Å². The SMILES string of the molecule is CCCCS(=O)(=O)N1CCC(C(=O)NCCc2cccc(OC)c2)CC1. The lowest BCUT2D eigenvalue weighted by Crippen LogP contribution is -2.44. The molecule has 0 aromatic heterocycles. The number of methoxy groups -OCH3 is 1. The Morgan fingerprint density at radius 2 is 2.04 bits per heavy atom. The highest BCUT2D eigenvalue weighted by atomic mass is 32.2. The summed E-state index contributed by atoms with van der Waals surface area (Å²) in [6, 6.07) is 7.80. The molecular formula is C19H30N2O4S. The van der Waals surface area contributed by atoms with E-state index in [0.717, 1.165) is 24.2 Å². The summed E-state index contributed by atoms with van der Waals surface area (Å²) in [5, 5.41) is 2.98. The number of sulfonamides is 1. The number of carbonyl (C=O) groups is 1. The molecule has 1 aliphatic heterocycles. The van der Waals surface area contributed by atoms with Gasteiger partial charge in [0.25, 0.3) is 0 Å². The minimum atomic E-state index is -3.16. The number of unbranched alkanes of at least 4 members (excludes halogenated alkanes) is 1. The minimum absolute atomic E-state index is 0.0264. The highest BCUT2D eigenvalue weighted by Crippen LogP contribution is 2.20. The zero-order valence-electron chi connectivity index (χ0n) is 15.7. The number of hydrogen-bond acceptors (Lipinski definition) is 4. The van der Waals surface area contributed by atoms with Crippen molar-refractivity contribution in [3.8, 4) is 5.75 Å². The highest BCUT2D eigenvalue weighted by Gasteiger charge is 2.30. The number of nitrogens with zero attached hydrogens (tertiary/aromatic N) is 1. The van der Waals surface area contributed by atoms with Crippen LogP contribution in [0.25, 0.3) is 0 Å². The highest BCUT2D eigenvalue weighted by molar-refractivity contribution is 7.89. The van der Waals surface area contributed by atoms with Crippen LogP contribution in [0.5, 0.6) is 5.75 Å². The van der Waals surface area contributed by atoms with Gasteiger partial charge in [0.1, 0.15) is 5.75 Å². The fourth-order valence-electron chi connectivity index (χ4n) is 3.15. The van der Waals surface area contributed by atoms with Crippen LogP contribution in [0.3, 0.4) is 0 Å². The van der Waals surface area contributed by atoms with Crippen LogP contribution < -0.4 is 10.1 Å². The van der Waals surface area contributed by atoms with E-state index in [1.165, 1.54) is 0 Å². The van der Waals surface area contributed by atoms with Crippen molar-refractivity contribution in [2.75, 3.05) is 32.5 Å². The second-order valence-corrected chi connectivity index (χ2v) is 8.82. The van der Waals surface area contributed by atoms with Crippen molar-refractivity contribution >= 4 is 15.9 Å². The Morgan fingerprint density at radius 3 is 2.69 bits per heavy atom. The first-order valence-corrected chi connectivity index (χ1v) is 11.0. The van der Waals surface area contributed by atoms with Crippen LogP contribution in [-0.2, 0) is 21.2 Å². The molecule has 26 heavy (non-hydrogen) atoms. The Morgan fingerprint density at radius 1 is 1.31 bits per heavy atom. The number of nitrogens with one attached hydrogen (secondary N) is 1. The number of carbonyl (C=O) groups excluding carboxylic acids is 1. The maximum absolute atomic E-state index is 12.3. The lowest BCUT2D eigenvalue weighted by Gasteiger charge is -2.30. The smallest absolute Gasteiger partial charge is 0.223 e. The summed E-state index contributed by atoms with van der Waals surface area (Å²) in [5.74, 6) is 0.947. The van der Waals surface area contributed by atoms with Crippen LogP contribution in [0, 0.1) is 5.92 Å². The van der Waals surface area contributed by atoms with Crippen molar-refractivity contribution in [2.45, 2.75) is 39.0 Å². The molecule has 1 saturated heterocycles. The van der Waals surface area contributed by atoms with Gasteiger partial charge >= 0.3 is 0 Å². The predicted octanol–water partition coefficient (Wildman–Crippen LogP) is 2.20. The first-order valence-electron chi connectivity index (χ1n) is 9.34. The maximum atomic E-state index is 12.3. The Hall–Kier alpha value is -1.60. The van der Waals surface area contributed by atoms with Gasteiger partial charge in [-0.25, -0.2) is 12.7 Å². The first kappa shape index (κ1) is 20.7. The quantitative estimate of drug-likeness (QED) is 0.710. The van der Waals surface area contributed by atoms with Crippen LogP contribution >= 0.6 is 0 Å². The minimum Gasteiger partial charge on any atom is -0.497 e. The number of hydrogen-bond donors (Lipinski definition) is 1. The second kappa shape index (κ2) is 9.92. The van der Waals surface area contributed by atoms with Gasteiger partial charge in [-0.3, -0.25) is 4.79 Å². The zero-order chi connectivity index (χ0) is 19.0. The first-order chi connectivity index (χ1) is 12.5.